The lowest BCUT2D eigenvalue weighted by Gasteiger charge is -2.26. The molecule has 1 saturated heterocycles. The Hall–Kier alpha value is -1.97. The average Bonchev–Trinajstić information content (AvgIpc) is 2.60. The minimum atomic E-state index is -3.83. The summed E-state index contributed by atoms with van der Waals surface area (Å²) in [6.07, 6.45) is 0. The number of carbonyl (C=O) groups excluding carboxylic acids is 2. The molecule has 1 aliphatic heterocycles. The second-order valence-electron chi connectivity index (χ2n) is 5.26. The van der Waals surface area contributed by atoms with Crippen molar-refractivity contribution in [2.75, 3.05) is 32.9 Å². The molecule has 0 radical (unpaired) electrons. The van der Waals surface area contributed by atoms with Gasteiger partial charge in [-0.25, -0.2) is 8.42 Å². The zero-order valence-corrected chi connectivity index (χ0v) is 14.1. The number of nitrogens with one attached hydrogen (secondary N) is 1. The van der Waals surface area contributed by atoms with Crippen LogP contribution in [0.2, 0.25) is 0 Å². The van der Waals surface area contributed by atoms with Crippen LogP contribution in [-0.2, 0) is 29.1 Å². The maximum absolute atomic E-state index is 12.1. The highest BCUT2D eigenvalue weighted by atomic mass is 32.2. The number of sulfonamides is 1. The lowest BCUT2D eigenvalue weighted by molar-refractivity contribution is -0.154. The van der Waals surface area contributed by atoms with Crippen molar-refractivity contribution in [2.24, 2.45) is 0 Å². The van der Waals surface area contributed by atoms with E-state index < -0.39 is 28.6 Å². The summed E-state index contributed by atoms with van der Waals surface area (Å²) in [4.78, 5) is 25.4. The highest BCUT2D eigenvalue weighted by molar-refractivity contribution is 7.89. The molecule has 1 atom stereocenters. The lowest BCUT2D eigenvalue weighted by atomic mass is 10.4. The molecule has 1 unspecified atom stereocenters. The standard InChI is InChI=1S/C15H20N2O6S/c1-12(16-24(20,21)13-5-3-2-4-6-13)15(19)23-11-14(18)17-7-9-22-10-8-17/h2-6,12,16H,7-11H2,1H3. The summed E-state index contributed by atoms with van der Waals surface area (Å²) in [5.74, 6) is -1.14. The first-order valence-electron chi connectivity index (χ1n) is 7.49. The Labute approximate surface area is 140 Å². The number of hydrogen-bond donors (Lipinski definition) is 1. The first kappa shape index (κ1) is 18.4. The molecule has 0 bridgehead atoms. The van der Waals surface area contributed by atoms with Crippen molar-refractivity contribution in [3.63, 3.8) is 0 Å². The molecule has 132 valence electrons. The van der Waals surface area contributed by atoms with Crippen LogP contribution in [-0.4, -0.2) is 64.1 Å². The number of esters is 1. The number of benzene rings is 1. The van der Waals surface area contributed by atoms with Gasteiger partial charge in [-0.3, -0.25) is 9.59 Å². The number of rotatable bonds is 6. The van der Waals surface area contributed by atoms with Crippen LogP contribution >= 0.6 is 0 Å². The molecular weight excluding hydrogens is 336 g/mol. The molecule has 0 saturated carbocycles. The predicted octanol–water partition coefficient (Wildman–Crippen LogP) is -0.245. The summed E-state index contributed by atoms with van der Waals surface area (Å²) in [5, 5.41) is 0. The minimum Gasteiger partial charge on any atom is -0.454 e. The van der Waals surface area contributed by atoms with Crippen LogP contribution < -0.4 is 4.72 Å². The molecule has 1 heterocycles. The maximum atomic E-state index is 12.1. The number of nitrogens with zero attached hydrogens (tertiary/aromatic N) is 1. The fraction of sp³-hybridized carbons (Fsp3) is 0.467. The molecule has 8 nitrogen and oxygen atoms in total. The first-order valence-corrected chi connectivity index (χ1v) is 8.98. The fourth-order valence-electron chi connectivity index (χ4n) is 2.11. The molecule has 1 fully saturated rings. The van der Waals surface area contributed by atoms with Crippen molar-refractivity contribution in [1.82, 2.24) is 9.62 Å². The summed E-state index contributed by atoms with van der Waals surface area (Å²) in [5.41, 5.74) is 0. The van der Waals surface area contributed by atoms with E-state index in [0.29, 0.717) is 26.3 Å². The SMILES string of the molecule is CC(NS(=O)(=O)c1ccccc1)C(=O)OCC(=O)N1CCOCC1. The van der Waals surface area contributed by atoms with Crippen LogP contribution in [0.1, 0.15) is 6.92 Å². The molecule has 1 N–H and O–H groups in total. The Balaban J connectivity index is 1.84. The first-order chi connectivity index (χ1) is 11.4. The van der Waals surface area contributed by atoms with Gasteiger partial charge in [0.15, 0.2) is 6.61 Å². The van der Waals surface area contributed by atoms with Crippen molar-refractivity contribution in [1.29, 1.82) is 0 Å². The van der Waals surface area contributed by atoms with E-state index in [1.54, 1.807) is 18.2 Å². The largest absolute Gasteiger partial charge is 0.454 e. The van der Waals surface area contributed by atoms with Crippen molar-refractivity contribution in [3.05, 3.63) is 30.3 Å². The summed E-state index contributed by atoms with van der Waals surface area (Å²) in [7, 11) is -3.83. The topological polar surface area (TPSA) is 102 Å². The summed E-state index contributed by atoms with van der Waals surface area (Å²) < 4.78 is 36.5. The molecule has 1 aromatic carbocycles. The molecular formula is C15H20N2O6S. The van der Waals surface area contributed by atoms with Crippen molar-refractivity contribution >= 4 is 21.9 Å². The Morgan fingerprint density at radius 1 is 1.25 bits per heavy atom. The van der Waals surface area contributed by atoms with Gasteiger partial charge in [-0.05, 0) is 19.1 Å². The van der Waals surface area contributed by atoms with Gasteiger partial charge in [0.2, 0.25) is 10.0 Å². The minimum absolute atomic E-state index is 0.0500. The van der Waals surface area contributed by atoms with E-state index in [1.165, 1.54) is 24.0 Å². The van der Waals surface area contributed by atoms with E-state index in [-0.39, 0.29) is 10.8 Å². The smallest absolute Gasteiger partial charge is 0.324 e. The molecule has 9 heteroatoms. The van der Waals surface area contributed by atoms with Crippen LogP contribution in [0.3, 0.4) is 0 Å². The fourth-order valence-corrected chi connectivity index (χ4v) is 3.32. The van der Waals surface area contributed by atoms with E-state index in [9.17, 15) is 18.0 Å². The van der Waals surface area contributed by atoms with Gasteiger partial charge in [-0.15, -0.1) is 0 Å². The zero-order valence-electron chi connectivity index (χ0n) is 13.3. The monoisotopic (exact) mass is 356 g/mol. The van der Waals surface area contributed by atoms with E-state index in [2.05, 4.69) is 4.72 Å². The van der Waals surface area contributed by atoms with Gasteiger partial charge in [-0.1, -0.05) is 18.2 Å². The van der Waals surface area contributed by atoms with Crippen LogP contribution in [0.25, 0.3) is 0 Å². The quantitative estimate of drug-likeness (QED) is 0.706. The van der Waals surface area contributed by atoms with Gasteiger partial charge in [0.05, 0.1) is 18.1 Å². The molecule has 0 aliphatic carbocycles. The Kier molecular flexibility index (Phi) is 6.29. The van der Waals surface area contributed by atoms with Gasteiger partial charge >= 0.3 is 5.97 Å². The van der Waals surface area contributed by atoms with Crippen molar-refractivity contribution in [3.8, 4) is 0 Å². The normalized spacial score (nSPS) is 16.5. The van der Waals surface area contributed by atoms with Crippen LogP contribution in [0, 0.1) is 0 Å². The molecule has 1 amide bonds. The van der Waals surface area contributed by atoms with Crippen LogP contribution in [0.5, 0.6) is 0 Å². The third-order valence-electron chi connectivity index (χ3n) is 3.44. The molecule has 24 heavy (non-hydrogen) atoms. The van der Waals surface area contributed by atoms with Crippen molar-refractivity contribution < 1.29 is 27.5 Å². The molecule has 0 aromatic heterocycles. The summed E-state index contributed by atoms with van der Waals surface area (Å²) in [6.45, 7) is 2.75. The van der Waals surface area contributed by atoms with Gasteiger partial charge in [-0.2, -0.15) is 4.72 Å². The van der Waals surface area contributed by atoms with Crippen LogP contribution in [0.15, 0.2) is 35.2 Å². The molecule has 1 aliphatic rings. The van der Waals surface area contributed by atoms with Gasteiger partial charge in [0.1, 0.15) is 6.04 Å². The summed E-state index contributed by atoms with van der Waals surface area (Å²) in [6, 6.07) is 6.59. The zero-order chi connectivity index (χ0) is 17.6. The second kappa shape index (κ2) is 8.22. The Bertz CT molecular complexity index is 670. The van der Waals surface area contributed by atoms with Gasteiger partial charge in [0, 0.05) is 13.1 Å². The highest BCUT2D eigenvalue weighted by Gasteiger charge is 2.24. The lowest BCUT2D eigenvalue weighted by Crippen LogP contribution is -2.44. The molecule has 2 rings (SSSR count). The third-order valence-corrected chi connectivity index (χ3v) is 5.00. The van der Waals surface area contributed by atoms with E-state index in [1.807, 2.05) is 0 Å². The van der Waals surface area contributed by atoms with E-state index in [0.717, 1.165) is 0 Å². The second-order valence-corrected chi connectivity index (χ2v) is 6.97. The highest BCUT2D eigenvalue weighted by Crippen LogP contribution is 2.08. The summed E-state index contributed by atoms with van der Waals surface area (Å²) >= 11 is 0. The van der Waals surface area contributed by atoms with Gasteiger partial charge < -0.3 is 14.4 Å². The number of ether oxygens (including phenoxy) is 2. The van der Waals surface area contributed by atoms with E-state index in [4.69, 9.17) is 9.47 Å². The number of morpholine rings is 1. The number of carbonyl (C=O) groups is 2. The predicted molar refractivity (Wildman–Crippen MR) is 84.6 cm³/mol. The maximum Gasteiger partial charge on any atom is 0.324 e. The van der Waals surface area contributed by atoms with Crippen molar-refractivity contribution in [2.45, 2.75) is 17.9 Å². The average molecular weight is 356 g/mol. The molecule has 1 aromatic rings. The number of hydrogen-bond acceptors (Lipinski definition) is 6. The van der Waals surface area contributed by atoms with Gasteiger partial charge in [0.25, 0.3) is 5.91 Å². The third kappa shape index (κ3) is 5.02. The van der Waals surface area contributed by atoms with E-state index >= 15 is 0 Å². The van der Waals surface area contributed by atoms with Crippen LogP contribution in [0.4, 0.5) is 0 Å². The Morgan fingerprint density at radius 3 is 2.50 bits per heavy atom. The number of amides is 1. The Morgan fingerprint density at radius 2 is 1.88 bits per heavy atom. The molecule has 0 spiro atoms.